The molecule has 0 N–H and O–H groups in total. The smallest absolute Gasteiger partial charge is 0.460 e. The minimum atomic E-state index is -8.08. The zero-order valence-corrected chi connectivity index (χ0v) is 59.2. The second kappa shape index (κ2) is 33.3. The van der Waals surface area contributed by atoms with E-state index < -0.39 is 163 Å². The van der Waals surface area contributed by atoms with Gasteiger partial charge in [0.1, 0.15) is 36.2 Å². The summed E-state index contributed by atoms with van der Waals surface area (Å²) in [5, 5.41) is -0.542. The van der Waals surface area contributed by atoms with Gasteiger partial charge in [0.2, 0.25) is 0 Å². The number of ether oxygens (including phenoxy) is 6. The number of alkyl halides is 26. The van der Waals surface area contributed by atoms with Crippen LogP contribution in [0.3, 0.4) is 0 Å². The van der Waals surface area contributed by atoms with Crippen LogP contribution in [0.2, 0.25) is 0 Å². The molecule has 4 amide bonds. The minimum absolute atomic E-state index is 0.0228. The number of benzene rings is 8. The summed E-state index contributed by atoms with van der Waals surface area (Å²) in [5.74, 6) is -78.7. The molecule has 0 bridgehead atoms. The van der Waals surface area contributed by atoms with Crippen LogP contribution in [0.5, 0.6) is 23.0 Å². The number of carbonyl (C=O) groups is 4. The van der Waals surface area contributed by atoms with Crippen molar-refractivity contribution >= 4 is 66.7 Å². The first-order chi connectivity index (χ1) is 53.0. The Balaban J connectivity index is 0.000000261. The maximum Gasteiger partial charge on any atom is 0.460 e. The molecule has 0 atom stereocenters. The first kappa shape index (κ1) is 88.3. The van der Waals surface area contributed by atoms with Gasteiger partial charge in [-0.15, -0.1) is 0 Å². The molecule has 10 rings (SSSR count). The number of fused-ring (bicyclic) bond motifs is 2. The van der Waals surface area contributed by atoms with E-state index in [0.717, 1.165) is 109 Å². The number of halogens is 26. The molecule has 0 aliphatic carbocycles. The maximum absolute atomic E-state index is 15.3. The number of carbonyl (C=O) groups excluding carboxylic acids is 4. The molecular formula is C76H64F26N2O10. The number of unbranched alkanes of at least 4 members (excludes halogenated alkanes) is 6. The molecule has 2 heterocycles. The molecule has 0 fully saturated rings. The van der Waals surface area contributed by atoms with Crippen molar-refractivity contribution in [1.82, 2.24) is 9.80 Å². The maximum atomic E-state index is 15.3. The molecule has 2 aliphatic rings. The average molecular weight is 1660 g/mol. The summed E-state index contributed by atoms with van der Waals surface area (Å²) in [6.45, 7) is 3.94. The highest BCUT2D eigenvalue weighted by molar-refractivity contribution is 6.27. The fourth-order valence-corrected chi connectivity index (χ4v) is 12.3. The van der Waals surface area contributed by atoms with E-state index in [1.54, 1.807) is 24.3 Å². The molecule has 114 heavy (non-hydrogen) atoms. The molecule has 0 saturated carbocycles. The SMILES string of the molecule is CCCCCCOc1ccc2cc(OCCOCCN3C(=O)c4cccc5c(C(F)(F)C(F)(F)C(F)(F)C(F)(F)C(F)(F)C(F)(F)F)ccc(c45)C3=O)ccc2c1.CCCCCCOc1ccc2cc(OCCOCCN3C(=O)c4cccc5c(C(F)(F)C(F)(F)C(F)(F)C(F)(F)C(F)(F)C(F)(F)F)ccc(c45)C3=O)ccc2c1. The summed E-state index contributed by atoms with van der Waals surface area (Å²) in [6, 6.07) is 27.0. The van der Waals surface area contributed by atoms with Gasteiger partial charge in [-0.05, 0) is 118 Å². The van der Waals surface area contributed by atoms with Crippen molar-refractivity contribution in [3.05, 3.63) is 167 Å². The zero-order chi connectivity index (χ0) is 84.4. The quantitative estimate of drug-likeness (QED) is 0.0213. The highest BCUT2D eigenvalue weighted by Crippen LogP contribution is 2.65. The lowest BCUT2D eigenvalue weighted by atomic mass is 9.85. The fourth-order valence-electron chi connectivity index (χ4n) is 12.3. The van der Waals surface area contributed by atoms with E-state index in [-0.39, 0.29) is 51.8 Å². The van der Waals surface area contributed by atoms with Gasteiger partial charge in [-0.3, -0.25) is 29.0 Å². The van der Waals surface area contributed by atoms with Crippen LogP contribution < -0.4 is 18.9 Å². The molecule has 0 spiro atoms. The molecule has 0 unspecified atom stereocenters. The standard InChI is InChI=1S/2C38H32F13NO5/c2*1-2-3-4-5-16-56-24-11-9-23-21-25(12-10-22(23)20-24)57-19-18-55-17-15-52-31(53)27-8-6-7-26-29(14-13-28(30(26)27)32(52)54)33(39,40)34(41,42)35(43,44)36(45,46)37(47,48)38(49,50)51/h2*6-14,20-21H,2-5,15-19H2,1H3. The summed E-state index contributed by atoms with van der Waals surface area (Å²) < 4.78 is 395. The van der Waals surface area contributed by atoms with Gasteiger partial charge in [0.05, 0.1) is 52.7 Å². The molecule has 620 valence electrons. The van der Waals surface area contributed by atoms with E-state index in [9.17, 15) is 116 Å². The van der Waals surface area contributed by atoms with Crippen LogP contribution in [0.1, 0.15) is 118 Å². The van der Waals surface area contributed by atoms with E-state index in [1.807, 2.05) is 48.5 Å². The molecule has 0 aromatic heterocycles. The first-order valence-corrected chi connectivity index (χ1v) is 34.6. The van der Waals surface area contributed by atoms with Gasteiger partial charge in [-0.25, -0.2) is 0 Å². The molecule has 0 saturated heterocycles. The highest BCUT2D eigenvalue weighted by atomic mass is 19.4. The third kappa shape index (κ3) is 16.3. The third-order valence-electron chi connectivity index (χ3n) is 18.5. The van der Waals surface area contributed by atoms with Crippen molar-refractivity contribution in [1.29, 1.82) is 0 Å². The summed E-state index contributed by atoms with van der Waals surface area (Å²) in [6.07, 6.45) is -6.51. The molecule has 2 aliphatic heterocycles. The summed E-state index contributed by atoms with van der Waals surface area (Å²) in [4.78, 5) is 54.2. The van der Waals surface area contributed by atoms with Crippen LogP contribution >= 0.6 is 0 Å². The Bertz CT molecular complexity index is 4500. The van der Waals surface area contributed by atoms with E-state index in [4.69, 9.17) is 28.4 Å². The van der Waals surface area contributed by atoms with Gasteiger partial charge in [0.15, 0.2) is 0 Å². The monoisotopic (exact) mass is 1660 g/mol. The molecular weight excluding hydrogens is 1590 g/mol. The summed E-state index contributed by atoms with van der Waals surface area (Å²) >= 11 is 0. The average Bonchev–Trinajstić information content (AvgIpc) is 0.699. The van der Waals surface area contributed by atoms with Crippen molar-refractivity contribution in [3.63, 3.8) is 0 Å². The van der Waals surface area contributed by atoms with E-state index in [1.165, 1.54) is 0 Å². The van der Waals surface area contributed by atoms with Crippen LogP contribution in [0.25, 0.3) is 43.1 Å². The number of imide groups is 2. The number of nitrogens with zero attached hydrogens (tertiary/aromatic N) is 2. The number of hydrogen-bond donors (Lipinski definition) is 0. The number of hydrogen-bond acceptors (Lipinski definition) is 10. The lowest BCUT2D eigenvalue weighted by Gasteiger charge is -2.40. The Morgan fingerprint density at radius 1 is 0.281 bits per heavy atom. The molecule has 12 nitrogen and oxygen atoms in total. The number of amides is 4. The Labute approximate surface area is 629 Å². The van der Waals surface area contributed by atoms with Gasteiger partial charge in [0, 0.05) is 44.2 Å². The second-order valence-electron chi connectivity index (χ2n) is 26.1. The lowest BCUT2D eigenvalue weighted by Crippen LogP contribution is -2.69. The lowest BCUT2D eigenvalue weighted by molar-refractivity contribution is -0.441. The van der Waals surface area contributed by atoms with Crippen LogP contribution in [0, 0.1) is 0 Å². The van der Waals surface area contributed by atoms with Crippen molar-refractivity contribution in [3.8, 4) is 23.0 Å². The van der Waals surface area contributed by atoms with Gasteiger partial charge >= 0.3 is 71.6 Å². The molecule has 8 aromatic carbocycles. The largest absolute Gasteiger partial charge is 0.494 e. The van der Waals surface area contributed by atoms with Crippen LogP contribution in [-0.2, 0) is 21.3 Å². The van der Waals surface area contributed by atoms with Gasteiger partial charge in [-0.2, -0.15) is 114 Å². The third-order valence-corrected chi connectivity index (χ3v) is 18.5. The topological polar surface area (TPSA) is 130 Å². The number of rotatable bonds is 36. The van der Waals surface area contributed by atoms with E-state index >= 15 is 17.6 Å². The first-order valence-electron chi connectivity index (χ1n) is 34.6. The van der Waals surface area contributed by atoms with Gasteiger partial charge in [-0.1, -0.05) is 113 Å². The Morgan fingerprint density at radius 3 is 0.851 bits per heavy atom. The van der Waals surface area contributed by atoms with Gasteiger partial charge < -0.3 is 28.4 Å². The Morgan fingerprint density at radius 2 is 0.561 bits per heavy atom. The molecule has 0 radical (unpaired) electrons. The second-order valence-corrected chi connectivity index (χ2v) is 26.1. The normalized spacial score (nSPS) is 14.5. The van der Waals surface area contributed by atoms with Crippen molar-refractivity contribution in [2.45, 2.75) is 137 Å². The molecule has 38 heteroatoms. The Kier molecular flexibility index (Phi) is 25.8. The minimum Gasteiger partial charge on any atom is -0.494 e. The van der Waals surface area contributed by atoms with Gasteiger partial charge in [0.25, 0.3) is 23.6 Å². The summed E-state index contributed by atoms with van der Waals surface area (Å²) in [7, 11) is 0. The van der Waals surface area contributed by atoms with Crippen LogP contribution in [0.4, 0.5) is 114 Å². The fraction of sp³-hybridized carbons (Fsp3) is 0.421. The zero-order valence-electron chi connectivity index (χ0n) is 59.2. The van der Waals surface area contributed by atoms with Crippen LogP contribution in [-0.4, -0.2) is 159 Å². The summed E-state index contributed by atoms with van der Waals surface area (Å²) in [5.41, 5.74) is -7.00. The predicted molar refractivity (Wildman–Crippen MR) is 358 cm³/mol. The van der Waals surface area contributed by atoms with Crippen LogP contribution in [0.15, 0.2) is 133 Å². The van der Waals surface area contributed by atoms with E-state index in [2.05, 4.69) is 13.8 Å². The van der Waals surface area contributed by atoms with Crippen molar-refractivity contribution in [2.75, 3.05) is 65.9 Å². The van der Waals surface area contributed by atoms with E-state index in [0.29, 0.717) is 58.8 Å². The molecule has 8 aromatic rings. The Hall–Kier alpha value is -9.62. The van der Waals surface area contributed by atoms with Crippen molar-refractivity contribution < 1.29 is 162 Å². The van der Waals surface area contributed by atoms with Crippen molar-refractivity contribution in [2.24, 2.45) is 0 Å². The predicted octanol–water partition coefficient (Wildman–Crippen LogP) is 21.7. The highest BCUT2D eigenvalue weighted by Gasteiger charge is 2.92.